The number of carbonyl (C=O) groups is 3. The van der Waals surface area contributed by atoms with Crippen LogP contribution in [0.3, 0.4) is 0 Å². The number of fused-ring (bicyclic) bond motifs is 1. The van der Waals surface area contributed by atoms with Gasteiger partial charge in [0.05, 0.1) is 28.6 Å². The number of carboxylic acids is 1. The van der Waals surface area contributed by atoms with Gasteiger partial charge in [0.15, 0.2) is 0 Å². The maximum absolute atomic E-state index is 14.2. The zero-order chi connectivity index (χ0) is 24.6. The van der Waals surface area contributed by atoms with Gasteiger partial charge >= 0.3 is 5.97 Å². The summed E-state index contributed by atoms with van der Waals surface area (Å²) in [4.78, 5) is 43.0. The molecule has 0 aliphatic carbocycles. The Hall–Kier alpha value is -2.42. The third-order valence-corrected chi connectivity index (χ3v) is 7.72. The molecule has 4 rings (SSSR count). The number of aliphatic hydroxyl groups excluding tert-OH is 1. The zero-order valence-corrected chi connectivity index (χ0v) is 20.0. The molecule has 0 aromatic heterocycles. The Morgan fingerprint density at radius 1 is 1.35 bits per heavy atom. The van der Waals surface area contributed by atoms with Crippen molar-refractivity contribution in [2.24, 2.45) is 11.8 Å². The van der Waals surface area contributed by atoms with Gasteiger partial charge in [0.1, 0.15) is 11.6 Å². The van der Waals surface area contributed by atoms with Gasteiger partial charge in [-0.1, -0.05) is 29.8 Å². The fourth-order valence-corrected chi connectivity index (χ4v) is 6.38. The van der Waals surface area contributed by atoms with Crippen LogP contribution in [0, 0.1) is 18.8 Å². The van der Waals surface area contributed by atoms with E-state index in [0.29, 0.717) is 42.8 Å². The van der Waals surface area contributed by atoms with E-state index in [4.69, 9.17) is 21.4 Å². The molecule has 8 nitrogen and oxygen atoms in total. The van der Waals surface area contributed by atoms with E-state index in [-0.39, 0.29) is 31.5 Å². The van der Waals surface area contributed by atoms with Crippen molar-refractivity contribution in [2.75, 3.05) is 24.6 Å². The number of ether oxygens (including phenoxy) is 1. The first-order valence-corrected chi connectivity index (χ1v) is 12.2. The average Bonchev–Trinajstić information content (AvgIpc) is 3.43. The average molecular weight is 491 g/mol. The number of anilines is 1. The molecule has 3 fully saturated rings. The van der Waals surface area contributed by atoms with Gasteiger partial charge in [0, 0.05) is 19.7 Å². The number of unbranched alkanes of at least 4 members (excludes halogenated alkanes) is 2. The third kappa shape index (κ3) is 3.82. The van der Waals surface area contributed by atoms with Crippen LogP contribution >= 0.6 is 11.6 Å². The van der Waals surface area contributed by atoms with Crippen molar-refractivity contribution < 1.29 is 29.3 Å². The topological polar surface area (TPSA) is 107 Å². The molecule has 2 N–H and O–H groups in total. The summed E-state index contributed by atoms with van der Waals surface area (Å²) in [5, 5.41) is 19.4. The largest absolute Gasteiger partial charge is 0.481 e. The summed E-state index contributed by atoms with van der Waals surface area (Å²) in [5.41, 5.74) is 0.174. The number of rotatable bonds is 10. The predicted octanol–water partition coefficient (Wildman–Crippen LogP) is 2.79. The van der Waals surface area contributed by atoms with Crippen molar-refractivity contribution in [1.82, 2.24) is 4.90 Å². The number of carbonyl (C=O) groups excluding carboxylic acids is 2. The molecule has 3 aliphatic rings. The van der Waals surface area contributed by atoms with Gasteiger partial charge in [-0.25, -0.2) is 0 Å². The number of likely N-dealkylation sites (tertiary alicyclic amines) is 1. The molecule has 5 atom stereocenters. The fourth-order valence-electron chi connectivity index (χ4n) is 6.06. The minimum atomic E-state index is -1.17. The van der Waals surface area contributed by atoms with Crippen molar-refractivity contribution in [2.45, 2.75) is 56.8 Å². The van der Waals surface area contributed by atoms with Gasteiger partial charge in [0.2, 0.25) is 5.91 Å². The predicted molar refractivity (Wildman–Crippen MR) is 127 cm³/mol. The number of hydrogen-bond donors (Lipinski definition) is 2. The lowest BCUT2D eigenvalue weighted by Crippen LogP contribution is -2.56. The highest BCUT2D eigenvalue weighted by Crippen LogP contribution is 2.58. The van der Waals surface area contributed by atoms with Crippen molar-refractivity contribution in [3.05, 3.63) is 41.4 Å². The maximum Gasteiger partial charge on any atom is 0.310 e. The van der Waals surface area contributed by atoms with E-state index < -0.39 is 35.6 Å². The molecule has 0 saturated carbocycles. The molecular weight excluding hydrogens is 460 g/mol. The number of aliphatic hydroxyl groups is 1. The van der Waals surface area contributed by atoms with E-state index in [1.807, 2.05) is 13.0 Å². The Bertz CT molecular complexity index is 979. The van der Waals surface area contributed by atoms with E-state index in [9.17, 15) is 19.5 Å². The van der Waals surface area contributed by atoms with Gasteiger partial charge in [-0.2, -0.15) is 0 Å². The second kappa shape index (κ2) is 9.68. The Balaban J connectivity index is 1.76. The van der Waals surface area contributed by atoms with Crippen molar-refractivity contribution in [3.63, 3.8) is 0 Å². The summed E-state index contributed by atoms with van der Waals surface area (Å²) in [6.45, 7) is 6.17. The molecule has 0 radical (unpaired) electrons. The summed E-state index contributed by atoms with van der Waals surface area (Å²) >= 11 is 6.51. The molecule has 1 aromatic rings. The molecular formula is C25H31ClN2O6. The number of benzene rings is 1. The molecule has 3 saturated heterocycles. The number of amides is 2. The van der Waals surface area contributed by atoms with Crippen molar-refractivity contribution >= 4 is 35.1 Å². The van der Waals surface area contributed by atoms with Crippen LogP contribution in [0.4, 0.5) is 5.69 Å². The highest BCUT2D eigenvalue weighted by Gasteiger charge is 2.74. The van der Waals surface area contributed by atoms with Gasteiger partial charge in [-0.15, -0.1) is 6.58 Å². The third-order valence-electron chi connectivity index (χ3n) is 7.41. The second-order valence-electron chi connectivity index (χ2n) is 9.35. The summed E-state index contributed by atoms with van der Waals surface area (Å²) in [7, 11) is 0. The quantitative estimate of drug-likeness (QED) is 0.386. The van der Waals surface area contributed by atoms with E-state index in [1.54, 1.807) is 18.2 Å². The summed E-state index contributed by atoms with van der Waals surface area (Å²) < 4.78 is 6.25. The molecule has 1 spiro atoms. The van der Waals surface area contributed by atoms with Gasteiger partial charge in [0.25, 0.3) is 5.91 Å². The maximum atomic E-state index is 14.2. The molecule has 3 heterocycles. The number of halogens is 1. The van der Waals surface area contributed by atoms with Crippen LogP contribution in [0.2, 0.25) is 5.02 Å². The molecule has 184 valence electrons. The normalized spacial score (nSPS) is 29.4. The van der Waals surface area contributed by atoms with Crippen molar-refractivity contribution in [3.8, 4) is 0 Å². The molecule has 2 amide bonds. The number of nitrogens with zero attached hydrogens (tertiary/aromatic N) is 2. The monoisotopic (exact) mass is 490 g/mol. The lowest BCUT2D eigenvalue weighted by atomic mass is 9.70. The second-order valence-corrected chi connectivity index (χ2v) is 9.76. The molecule has 9 heteroatoms. The summed E-state index contributed by atoms with van der Waals surface area (Å²) in [6, 6.07) is 4.41. The van der Waals surface area contributed by atoms with Gasteiger partial charge in [-0.3, -0.25) is 14.4 Å². The highest BCUT2D eigenvalue weighted by atomic mass is 35.5. The van der Waals surface area contributed by atoms with Crippen LogP contribution in [0.25, 0.3) is 0 Å². The van der Waals surface area contributed by atoms with Crippen molar-refractivity contribution in [1.29, 1.82) is 0 Å². The smallest absolute Gasteiger partial charge is 0.310 e. The van der Waals surface area contributed by atoms with E-state index >= 15 is 0 Å². The summed E-state index contributed by atoms with van der Waals surface area (Å²) in [6.07, 6.45) is 3.84. The van der Waals surface area contributed by atoms with Crippen LogP contribution < -0.4 is 4.90 Å². The highest BCUT2D eigenvalue weighted by molar-refractivity contribution is 6.34. The van der Waals surface area contributed by atoms with Crippen LogP contribution in [-0.4, -0.2) is 70.3 Å². The Morgan fingerprint density at radius 3 is 2.76 bits per heavy atom. The first kappa shape index (κ1) is 24.7. The van der Waals surface area contributed by atoms with Crippen LogP contribution in [-0.2, 0) is 19.1 Å². The first-order valence-electron chi connectivity index (χ1n) is 11.8. The Kier molecular flexibility index (Phi) is 7.03. The standard InChI is InChI=1S/C25H31ClN2O6/c1-3-12-27(20-15(2)8-7-9-16(20)26)23(31)21-25-11-10-17(34-25)18(24(32)33)19(25)22(30)28(21)13-5-4-6-14-29/h3,7-9,17-19,21,29H,1,4-6,10-14H2,2H3,(H,32,33)/t17-,18+,19+,21-,25+/m0/s1. The summed E-state index contributed by atoms with van der Waals surface area (Å²) in [5.74, 6) is -3.61. The Labute approximate surface area is 204 Å². The molecule has 0 unspecified atom stereocenters. The van der Waals surface area contributed by atoms with Gasteiger partial charge < -0.3 is 24.7 Å². The lowest BCUT2D eigenvalue weighted by molar-refractivity contribution is -0.149. The number of hydrogen-bond acceptors (Lipinski definition) is 5. The first-order chi connectivity index (χ1) is 16.3. The number of aliphatic carboxylic acids is 1. The van der Waals surface area contributed by atoms with Crippen LogP contribution in [0.15, 0.2) is 30.9 Å². The lowest BCUT2D eigenvalue weighted by Gasteiger charge is -2.37. The van der Waals surface area contributed by atoms with E-state index in [0.717, 1.165) is 5.56 Å². The SMILES string of the molecule is C=CCN(C(=O)[C@@H]1N(CCCCCO)C(=O)[C@H]2[C@H](C(=O)O)[C@@H]3CC[C@]12O3)c1c(C)cccc1Cl. The van der Waals surface area contributed by atoms with Crippen LogP contribution in [0.1, 0.15) is 37.7 Å². The van der Waals surface area contributed by atoms with Gasteiger partial charge in [-0.05, 0) is 50.7 Å². The molecule has 3 aliphatic heterocycles. The zero-order valence-electron chi connectivity index (χ0n) is 19.3. The minimum absolute atomic E-state index is 0.0492. The fraction of sp³-hybridized carbons (Fsp3) is 0.560. The van der Waals surface area contributed by atoms with Crippen LogP contribution in [0.5, 0.6) is 0 Å². The molecule has 2 bridgehead atoms. The Morgan fingerprint density at radius 2 is 2.12 bits per heavy atom. The number of carboxylic acid groups (broad SMARTS) is 1. The number of para-hydroxylation sites is 1. The molecule has 34 heavy (non-hydrogen) atoms. The number of aryl methyl sites for hydroxylation is 1. The minimum Gasteiger partial charge on any atom is -0.481 e. The van der Waals surface area contributed by atoms with E-state index in [2.05, 4.69) is 6.58 Å². The molecule has 1 aromatic carbocycles. The van der Waals surface area contributed by atoms with E-state index in [1.165, 1.54) is 9.80 Å².